The molecule has 0 saturated carbocycles. The molecule has 2 aromatic heterocycles. The Labute approximate surface area is 197 Å². The number of carbonyl (C=O) groups is 1. The number of carbonyl (C=O) groups excluding carboxylic acids is 1. The fourth-order valence-corrected chi connectivity index (χ4v) is 5.36. The van der Waals surface area contributed by atoms with Crippen LogP contribution in [0.4, 0.5) is 0 Å². The van der Waals surface area contributed by atoms with E-state index in [1.807, 2.05) is 55.5 Å². The van der Waals surface area contributed by atoms with Gasteiger partial charge in [0.05, 0.1) is 29.3 Å². The van der Waals surface area contributed by atoms with Crippen LogP contribution in [0.2, 0.25) is 0 Å². The van der Waals surface area contributed by atoms with Gasteiger partial charge in [-0.1, -0.05) is 42.0 Å². The van der Waals surface area contributed by atoms with Crippen molar-refractivity contribution in [2.75, 3.05) is 19.6 Å². The van der Waals surface area contributed by atoms with Crippen molar-refractivity contribution in [3.63, 3.8) is 0 Å². The fourth-order valence-electron chi connectivity index (χ4n) is 5.36. The van der Waals surface area contributed by atoms with Crippen LogP contribution in [0, 0.1) is 6.92 Å². The summed E-state index contributed by atoms with van der Waals surface area (Å²) in [6.07, 6.45) is 3.92. The third-order valence-corrected chi connectivity index (χ3v) is 7.09. The summed E-state index contributed by atoms with van der Waals surface area (Å²) in [5, 5.41) is 0.495. The monoisotopic (exact) mass is 454 g/mol. The van der Waals surface area contributed by atoms with Crippen LogP contribution in [-0.2, 0) is 0 Å². The van der Waals surface area contributed by atoms with Gasteiger partial charge in [0.25, 0.3) is 5.91 Å². The minimum atomic E-state index is -0.510. The normalized spacial score (nSPS) is 19.1. The number of furan rings is 1. The summed E-state index contributed by atoms with van der Waals surface area (Å²) in [6.45, 7) is 4.34. The van der Waals surface area contributed by atoms with Crippen molar-refractivity contribution in [1.29, 1.82) is 0 Å². The SMILES string of the molecule is Cc1ccc([C@@H]2c3c(oc4ccccc4c3=O)C(=O)N2C[C@H](c2ccco2)N2CCCC2)cc1. The molecule has 0 unspecified atom stereocenters. The number of rotatable bonds is 5. The lowest BCUT2D eigenvalue weighted by Crippen LogP contribution is -2.39. The molecule has 2 atom stereocenters. The van der Waals surface area contributed by atoms with Crippen LogP contribution in [0.25, 0.3) is 11.0 Å². The maximum atomic E-state index is 13.8. The highest BCUT2D eigenvalue weighted by Crippen LogP contribution is 2.40. The molecule has 0 radical (unpaired) electrons. The molecular weight excluding hydrogens is 428 g/mol. The molecule has 6 rings (SSSR count). The molecule has 2 aliphatic rings. The molecule has 2 aromatic carbocycles. The number of benzene rings is 2. The highest BCUT2D eigenvalue weighted by molar-refractivity contribution is 5.99. The van der Waals surface area contributed by atoms with E-state index in [0.29, 0.717) is 23.1 Å². The van der Waals surface area contributed by atoms with Crippen molar-refractivity contribution in [1.82, 2.24) is 9.80 Å². The van der Waals surface area contributed by atoms with Gasteiger partial charge in [-0.3, -0.25) is 14.5 Å². The van der Waals surface area contributed by atoms with E-state index in [-0.39, 0.29) is 23.1 Å². The van der Waals surface area contributed by atoms with Crippen LogP contribution in [0.3, 0.4) is 0 Å². The van der Waals surface area contributed by atoms with Crippen LogP contribution in [-0.4, -0.2) is 35.3 Å². The highest BCUT2D eigenvalue weighted by Gasteiger charge is 2.44. The van der Waals surface area contributed by atoms with Gasteiger partial charge in [-0.25, -0.2) is 0 Å². The van der Waals surface area contributed by atoms with Crippen molar-refractivity contribution < 1.29 is 13.6 Å². The maximum Gasteiger partial charge on any atom is 0.290 e. The zero-order chi connectivity index (χ0) is 23.2. The van der Waals surface area contributed by atoms with Crippen LogP contribution in [0.1, 0.15) is 57.9 Å². The quantitative estimate of drug-likeness (QED) is 0.421. The standard InChI is InChI=1S/C28H26N2O4/c1-18-10-12-19(13-11-18)25-24-26(31)20-7-2-3-8-22(20)34-27(24)28(32)30(25)17-21(23-9-6-16-33-23)29-14-4-5-15-29/h2-3,6-13,16,21,25H,4-5,14-15,17H2,1H3/t21-,25-/m1/s1. The largest absolute Gasteiger partial charge is 0.468 e. The lowest BCUT2D eigenvalue weighted by Gasteiger charge is -2.33. The van der Waals surface area contributed by atoms with Crippen molar-refractivity contribution in [2.45, 2.75) is 31.8 Å². The first-order valence-corrected chi connectivity index (χ1v) is 11.8. The number of amides is 1. The summed E-state index contributed by atoms with van der Waals surface area (Å²) in [5.74, 6) is 0.728. The van der Waals surface area contributed by atoms with Gasteiger partial charge in [-0.2, -0.15) is 0 Å². The van der Waals surface area contributed by atoms with Gasteiger partial charge in [0, 0.05) is 6.54 Å². The number of likely N-dealkylation sites (tertiary alicyclic amines) is 1. The minimum Gasteiger partial charge on any atom is -0.468 e. The second kappa shape index (κ2) is 8.29. The molecule has 6 heteroatoms. The third-order valence-electron chi connectivity index (χ3n) is 7.09. The van der Waals surface area contributed by atoms with Crippen LogP contribution < -0.4 is 5.43 Å². The Morgan fingerprint density at radius 2 is 1.74 bits per heavy atom. The molecule has 1 amide bonds. The van der Waals surface area contributed by atoms with Gasteiger partial charge in [0.1, 0.15) is 11.3 Å². The maximum absolute atomic E-state index is 13.8. The van der Waals surface area contributed by atoms with Crippen molar-refractivity contribution >= 4 is 16.9 Å². The van der Waals surface area contributed by atoms with Crippen LogP contribution in [0.5, 0.6) is 0 Å². The van der Waals surface area contributed by atoms with Gasteiger partial charge in [-0.05, 0) is 62.7 Å². The molecule has 0 N–H and O–H groups in total. The molecule has 6 nitrogen and oxygen atoms in total. The Bertz CT molecular complexity index is 1400. The number of fused-ring (bicyclic) bond motifs is 2. The van der Waals surface area contributed by atoms with Crippen molar-refractivity contribution in [2.24, 2.45) is 0 Å². The number of nitrogens with zero attached hydrogens (tertiary/aromatic N) is 2. The van der Waals surface area contributed by atoms with Crippen LogP contribution >= 0.6 is 0 Å². The number of hydrogen-bond donors (Lipinski definition) is 0. The van der Waals surface area contributed by atoms with Gasteiger partial charge >= 0.3 is 0 Å². The van der Waals surface area contributed by atoms with Crippen molar-refractivity contribution in [3.8, 4) is 0 Å². The van der Waals surface area contributed by atoms with E-state index in [1.165, 1.54) is 0 Å². The molecule has 0 spiro atoms. The Balaban J connectivity index is 1.50. The average Bonchev–Trinajstić information content (AvgIpc) is 3.61. The lowest BCUT2D eigenvalue weighted by molar-refractivity contribution is 0.0644. The first kappa shape index (κ1) is 20.9. The first-order chi connectivity index (χ1) is 16.6. The van der Waals surface area contributed by atoms with Gasteiger partial charge in [0.2, 0.25) is 5.76 Å². The van der Waals surface area contributed by atoms with E-state index in [2.05, 4.69) is 4.90 Å². The molecule has 0 aliphatic carbocycles. The molecule has 0 bridgehead atoms. The Hall–Kier alpha value is -3.64. The lowest BCUT2D eigenvalue weighted by atomic mass is 9.97. The van der Waals surface area contributed by atoms with Crippen LogP contribution in [0.15, 0.2) is 80.6 Å². The number of hydrogen-bond acceptors (Lipinski definition) is 5. The molecule has 1 fully saturated rings. The molecule has 4 heterocycles. The summed E-state index contributed by atoms with van der Waals surface area (Å²) < 4.78 is 11.9. The van der Waals surface area contributed by atoms with E-state index in [9.17, 15) is 9.59 Å². The zero-order valence-corrected chi connectivity index (χ0v) is 19.1. The summed E-state index contributed by atoms with van der Waals surface area (Å²) in [7, 11) is 0. The van der Waals surface area contributed by atoms with E-state index in [1.54, 1.807) is 23.3 Å². The van der Waals surface area contributed by atoms with E-state index in [4.69, 9.17) is 8.83 Å². The van der Waals surface area contributed by atoms with Gasteiger partial charge in [0.15, 0.2) is 5.43 Å². The highest BCUT2D eigenvalue weighted by atomic mass is 16.3. The molecule has 34 heavy (non-hydrogen) atoms. The van der Waals surface area contributed by atoms with Crippen molar-refractivity contribution in [3.05, 3.63) is 105 Å². The second-order valence-electron chi connectivity index (χ2n) is 9.22. The second-order valence-corrected chi connectivity index (χ2v) is 9.22. The summed E-state index contributed by atoms with van der Waals surface area (Å²) in [4.78, 5) is 31.6. The third kappa shape index (κ3) is 3.37. The number of para-hydroxylation sites is 1. The first-order valence-electron chi connectivity index (χ1n) is 11.8. The molecule has 1 saturated heterocycles. The Morgan fingerprint density at radius 3 is 2.47 bits per heavy atom. The zero-order valence-electron chi connectivity index (χ0n) is 19.1. The number of aryl methyl sites for hydroxylation is 1. The molecular formula is C28H26N2O4. The molecule has 2 aliphatic heterocycles. The predicted octanol–water partition coefficient (Wildman–Crippen LogP) is 5.08. The average molecular weight is 455 g/mol. The minimum absolute atomic E-state index is 0.0896. The topological polar surface area (TPSA) is 66.9 Å². The summed E-state index contributed by atoms with van der Waals surface area (Å²) >= 11 is 0. The fraction of sp³-hybridized carbons (Fsp3) is 0.286. The van der Waals surface area contributed by atoms with Gasteiger partial charge < -0.3 is 13.7 Å². The predicted molar refractivity (Wildman–Crippen MR) is 129 cm³/mol. The Morgan fingerprint density at radius 1 is 0.971 bits per heavy atom. The summed E-state index contributed by atoms with van der Waals surface area (Å²) in [5.41, 5.74) is 2.74. The van der Waals surface area contributed by atoms with E-state index < -0.39 is 6.04 Å². The smallest absolute Gasteiger partial charge is 0.290 e. The van der Waals surface area contributed by atoms with E-state index >= 15 is 0 Å². The Kier molecular flexibility index (Phi) is 5.11. The van der Waals surface area contributed by atoms with E-state index in [0.717, 1.165) is 42.8 Å². The molecule has 4 aromatic rings. The summed E-state index contributed by atoms with van der Waals surface area (Å²) in [6, 6.07) is 18.4. The molecule has 172 valence electrons. The van der Waals surface area contributed by atoms with Gasteiger partial charge in [-0.15, -0.1) is 0 Å².